The Labute approximate surface area is 149 Å². The Morgan fingerprint density at radius 3 is 2.76 bits per heavy atom. The molecule has 1 aromatic heterocycles. The van der Waals surface area contributed by atoms with Gasteiger partial charge in [-0.3, -0.25) is 4.52 Å². The topological polar surface area (TPSA) is 68.6 Å². The molecule has 126 valence electrons. The molecule has 0 bridgehead atoms. The molecule has 0 spiro atoms. The molecule has 0 saturated carbocycles. The van der Waals surface area contributed by atoms with E-state index in [0.717, 1.165) is 19.5 Å². The van der Waals surface area contributed by atoms with Crippen molar-refractivity contribution in [2.45, 2.75) is 13.0 Å². The van der Waals surface area contributed by atoms with Gasteiger partial charge in [-0.15, -0.1) is 5.01 Å². The first-order chi connectivity index (χ1) is 12.2. The van der Waals surface area contributed by atoms with Crippen LogP contribution in [0.2, 0.25) is 5.02 Å². The van der Waals surface area contributed by atoms with Gasteiger partial charge in [0.05, 0.1) is 11.3 Å². The highest BCUT2D eigenvalue weighted by Gasteiger charge is 2.25. The number of aliphatic imine (C=N–C) groups is 1. The second-order valence-corrected chi connectivity index (χ2v) is 6.17. The maximum Gasteiger partial charge on any atom is 0.324 e. The summed E-state index contributed by atoms with van der Waals surface area (Å²) in [7, 11) is 0. The Morgan fingerprint density at radius 1 is 1.16 bits per heavy atom. The molecule has 0 radical (unpaired) electrons. The molecule has 0 N–H and O–H groups in total. The normalized spacial score (nSPS) is 14.4. The summed E-state index contributed by atoms with van der Waals surface area (Å²) in [5.41, 5.74) is 2.94. The lowest BCUT2D eigenvalue weighted by Gasteiger charge is -2.21. The standard InChI is InChI=1S/C18H15ClN4O2/c19-16-8-4-3-7-15(16)18(24)20-17-12-23(21-25-17)22-10-9-13-5-1-2-6-14(13)11-22/h1-8,12H,9-11H2. The maximum atomic E-state index is 12.2. The van der Waals surface area contributed by atoms with Gasteiger partial charge in [-0.1, -0.05) is 54.1 Å². The Balaban J connectivity index is 1.55. The summed E-state index contributed by atoms with van der Waals surface area (Å²) in [6.45, 7) is 1.54. The molecule has 0 aliphatic carbocycles. The van der Waals surface area contributed by atoms with Crippen molar-refractivity contribution in [1.82, 2.24) is 5.27 Å². The molecule has 0 amide bonds. The van der Waals surface area contributed by atoms with E-state index in [1.165, 1.54) is 11.1 Å². The van der Waals surface area contributed by atoms with E-state index in [-0.39, 0.29) is 5.88 Å². The Hall–Kier alpha value is -2.86. The highest BCUT2D eigenvalue weighted by atomic mass is 35.5. The number of fused-ring (bicyclic) bond motifs is 1. The fraction of sp³-hybridized carbons (Fsp3) is 0.167. The number of benzene rings is 2. The van der Waals surface area contributed by atoms with Gasteiger partial charge in [0.1, 0.15) is 6.54 Å². The summed E-state index contributed by atoms with van der Waals surface area (Å²) >= 11 is 6.02. The molecule has 0 saturated heterocycles. The smallest absolute Gasteiger partial charge is 0.324 e. The lowest BCUT2D eigenvalue weighted by molar-refractivity contribution is -0.760. The lowest BCUT2D eigenvalue weighted by Crippen LogP contribution is -2.60. The van der Waals surface area contributed by atoms with Crippen molar-refractivity contribution in [3.63, 3.8) is 0 Å². The molecule has 1 aliphatic heterocycles. The highest BCUT2D eigenvalue weighted by molar-refractivity contribution is 6.33. The first kappa shape index (κ1) is 15.7. The summed E-state index contributed by atoms with van der Waals surface area (Å²) in [5.74, 6) is -0.318. The van der Waals surface area contributed by atoms with Crippen molar-refractivity contribution in [2.24, 2.45) is 4.99 Å². The van der Waals surface area contributed by atoms with Crippen molar-refractivity contribution in [1.29, 1.82) is 0 Å². The number of hydrogen-bond acceptors (Lipinski definition) is 5. The first-order valence-corrected chi connectivity index (χ1v) is 8.30. The zero-order valence-corrected chi connectivity index (χ0v) is 14.1. The van der Waals surface area contributed by atoms with Gasteiger partial charge in [0, 0.05) is 16.5 Å². The molecular weight excluding hydrogens is 340 g/mol. The molecule has 3 aromatic rings. The van der Waals surface area contributed by atoms with Crippen LogP contribution in [-0.2, 0) is 13.0 Å². The van der Waals surface area contributed by atoms with Crippen LogP contribution in [-0.4, -0.2) is 17.7 Å². The second-order valence-electron chi connectivity index (χ2n) is 5.76. The molecule has 2 aromatic carbocycles. The first-order valence-electron chi connectivity index (χ1n) is 7.92. The molecule has 0 unspecified atom stereocenters. The van der Waals surface area contributed by atoms with Crippen LogP contribution in [0.5, 0.6) is 0 Å². The third kappa shape index (κ3) is 3.21. The zero-order valence-electron chi connectivity index (χ0n) is 13.3. The highest BCUT2D eigenvalue weighted by Crippen LogP contribution is 2.18. The molecule has 0 fully saturated rings. The van der Waals surface area contributed by atoms with Crippen LogP contribution in [0, 0.1) is 0 Å². The van der Waals surface area contributed by atoms with Gasteiger partial charge >= 0.3 is 5.88 Å². The van der Waals surface area contributed by atoms with Crippen LogP contribution in [0.15, 0.2) is 64.2 Å². The number of aromatic nitrogens is 2. The molecule has 4 rings (SSSR count). The number of halogens is 1. The fourth-order valence-corrected chi connectivity index (χ4v) is 3.08. The summed E-state index contributed by atoms with van der Waals surface area (Å²) < 4.78 is 5.18. The van der Waals surface area contributed by atoms with Crippen LogP contribution >= 0.6 is 11.6 Å². The van der Waals surface area contributed by atoms with Gasteiger partial charge < -0.3 is 5.11 Å². The van der Waals surface area contributed by atoms with E-state index in [4.69, 9.17) is 16.1 Å². The van der Waals surface area contributed by atoms with Crippen LogP contribution in [0.4, 0.5) is 5.88 Å². The molecule has 1 aliphatic rings. The van der Waals surface area contributed by atoms with Crippen molar-refractivity contribution in [2.75, 3.05) is 11.6 Å². The average molecular weight is 355 g/mol. The van der Waals surface area contributed by atoms with Crippen LogP contribution in [0.3, 0.4) is 0 Å². The van der Waals surface area contributed by atoms with E-state index in [0.29, 0.717) is 10.6 Å². The Bertz CT molecular complexity index is 938. The van der Waals surface area contributed by atoms with E-state index in [1.54, 1.807) is 35.3 Å². The lowest BCUT2D eigenvalue weighted by atomic mass is 10.0. The summed E-state index contributed by atoms with van der Waals surface area (Å²) in [4.78, 5) is 5.54. The molecule has 0 atom stereocenters. The van der Waals surface area contributed by atoms with E-state index in [2.05, 4.69) is 28.5 Å². The van der Waals surface area contributed by atoms with E-state index < -0.39 is 5.90 Å². The van der Waals surface area contributed by atoms with E-state index in [9.17, 15) is 5.11 Å². The van der Waals surface area contributed by atoms with Gasteiger partial charge in [0.2, 0.25) is 5.27 Å². The average Bonchev–Trinajstić information content (AvgIpc) is 3.10. The fourth-order valence-electron chi connectivity index (χ4n) is 2.86. The van der Waals surface area contributed by atoms with Crippen LogP contribution < -0.4 is 14.9 Å². The van der Waals surface area contributed by atoms with Gasteiger partial charge in [-0.25, -0.2) is 4.99 Å². The van der Waals surface area contributed by atoms with Gasteiger partial charge in [-0.2, -0.15) is 0 Å². The minimum absolute atomic E-state index is 0.142. The molecule has 7 heteroatoms. The van der Waals surface area contributed by atoms with Crippen molar-refractivity contribution < 1.29 is 14.4 Å². The summed E-state index contributed by atoms with van der Waals surface area (Å²) in [6, 6.07) is 15.1. The second kappa shape index (κ2) is 6.57. The van der Waals surface area contributed by atoms with Crippen molar-refractivity contribution >= 4 is 23.4 Å². The third-order valence-electron chi connectivity index (χ3n) is 4.16. The molecular formula is C18H15ClN4O2. The molecule has 6 nitrogen and oxygen atoms in total. The van der Waals surface area contributed by atoms with Gasteiger partial charge in [0.25, 0.3) is 6.20 Å². The zero-order chi connectivity index (χ0) is 17.2. The van der Waals surface area contributed by atoms with Gasteiger partial charge in [0.15, 0.2) is 0 Å². The SMILES string of the molecule is [O-]/C(=N/c1c[n+](N2CCc3ccccc3C2)no1)c1ccccc1Cl. The molecule has 25 heavy (non-hydrogen) atoms. The minimum Gasteiger partial charge on any atom is -0.858 e. The van der Waals surface area contributed by atoms with Crippen LogP contribution in [0.1, 0.15) is 16.7 Å². The van der Waals surface area contributed by atoms with E-state index >= 15 is 0 Å². The predicted octanol–water partition coefficient (Wildman–Crippen LogP) is 1.75. The molecule has 2 heterocycles. The predicted molar refractivity (Wildman–Crippen MR) is 91.3 cm³/mol. The Kier molecular flexibility index (Phi) is 4.11. The third-order valence-corrected chi connectivity index (χ3v) is 4.49. The van der Waals surface area contributed by atoms with Crippen molar-refractivity contribution in [3.05, 3.63) is 76.4 Å². The number of rotatable bonds is 3. The summed E-state index contributed by atoms with van der Waals surface area (Å²) in [5, 5.41) is 18.6. The quantitative estimate of drug-likeness (QED) is 0.408. The largest absolute Gasteiger partial charge is 0.858 e. The minimum atomic E-state index is -0.460. The maximum absolute atomic E-state index is 12.2. The van der Waals surface area contributed by atoms with Gasteiger partial charge in [-0.05, 0) is 23.6 Å². The monoisotopic (exact) mass is 354 g/mol. The number of nitrogens with zero attached hydrogens (tertiary/aromatic N) is 4. The van der Waals surface area contributed by atoms with Crippen molar-refractivity contribution in [3.8, 4) is 0 Å². The number of hydrogen-bond donors (Lipinski definition) is 0. The summed E-state index contributed by atoms with van der Waals surface area (Å²) in [6.07, 6.45) is 2.53. The van der Waals surface area contributed by atoms with E-state index in [1.807, 2.05) is 11.1 Å². The van der Waals surface area contributed by atoms with Crippen LogP contribution in [0.25, 0.3) is 0 Å². The Morgan fingerprint density at radius 2 is 1.92 bits per heavy atom.